The van der Waals surface area contributed by atoms with Crippen LogP contribution in [0.4, 0.5) is 21.0 Å². The first-order valence-corrected chi connectivity index (χ1v) is 7.84. The number of nitrogens with one attached hydrogen (secondary N) is 2. The molecule has 0 spiro atoms. The summed E-state index contributed by atoms with van der Waals surface area (Å²) in [6, 6.07) is 14.0. The fraction of sp³-hybridized carbons (Fsp3) is 0.176. The van der Waals surface area contributed by atoms with E-state index < -0.39 is 0 Å². The normalized spacial score (nSPS) is 13.5. The highest BCUT2D eigenvalue weighted by atomic mass is 35.5. The molecule has 7 heteroatoms. The summed E-state index contributed by atoms with van der Waals surface area (Å²) in [6.07, 6.45) is -0.354. The van der Waals surface area contributed by atoms with Crippen LogP contribution in [0.1, 0.15) is 5.56 Å². The molecule has 124 valence electrons. The van der Waals surface area contributed by atoms with Crippen molar-refractivity contribution >= 4 is 35.1 Å². The van der Waals surface area contributed by atoms with E-state index in [9.17, 15) is 9.59 Å². The van der Waals surface area contributed by atoms with Crippen LogP contribution in [0.25, 0.3) is 0 Å². The number of hydrogen-bond acceptors (Lipinski definition) is 3. The van der Waals surface area contributed by atoms with E-state index >= 15 is 0 Å². The summed E-state index contributed by atoms with van der Waals surface area (Å²) in [5.41, 5.74) is 2.21. The predicted octanol–water partition coefficient (Wildman–Crippen LogP) is 3.62. The van der Waals surface area contributed by atoms with Crippen molar-refractivity contribution in [2.24, 2.45) is 0 Å². The van der Waals surface area contributed by atoms with Crippen LogP contribution in [0.2, 0.25) is 5.02 Å². The number of rotatable bonds is 4. The lowest BCUT2D eigenvalue weighted by atomic mass is 10.2. The van der Waals surface area contributed by atoms with Crippen molar-refractivity contribution in [1.29, 1.82) is 0 Å². The molecule has 2 aromatic carbocycles. The molecule has 3 rings (SSSR count). The Balaban J connectivity index is 1.55. The van der Waals surface area contributed by atoms with Gasteiger partial charge < -0.3 is 15.4 Å². The first kappa shape index (κ1) is 16.1. The van der Waals surface area contributed by atoms with Gasteiger partial charge in [0.2, 0.25) is 0 Å². The smallest absolute Gasteiger partial charge is 0.414 e. The van der Waals surface area contributed by atoms with Crippen LogP contribution in [0.3, 0.4) is 0 Å². The lowest BCUT2D eigenvalue weighted by Crippen LogP contribution is -2.28. The molecular weight excluding hydrogens is 330 g/mol. The molecule has 6 nitrogen and oxygen atoms in total. The zero-order valence-electron chi connectivity index (χ0n) is 12.8. The van der Waals surface area contributed by atoms with E-state index in [2.05, 4.69) is 10.6 Å². The average molecular weight is 346 g/mol. The molecule has 0 aromatic heterocycles. The Bertz CT molecular complexity index is 749. The van der Waals surface area contributed by atoms with Gasteiger partial charge in [-0.05, 0) is 35.9 Å². The first-order chi connectivity index (χ1) is 11.6. The number of hydrogen-bond donors (Lipinski definition) is 2. The molecule has 1 fully saturated rings. The van der Waals surface area contributed by atoms with Crippen LogP contribution < -0.4 is 15.5 Å². The summed E-state index contributed by atoms with van der Waals surface area (Å²) >= 11 is 6.05. The van der Waals surface area contributed by atoms with Crippen LogP contribution in [0.15, 0.2) is 48.5 Å². The van der Waals surface area contributed by atoms with Gasteiger partial charge in [-0.1, -0.05) is 29.8 Å². The molecule has 0 bridgehead atoms. The number of carbonyl (C=O) groups is 2. The number of amides is 3. The van der Waals surface area contributed by atoms with Gasteiger partial charge >= 0.3 is 12.1 Å². The number of urea groups is 1. The van der Waals surface area contributed by atoms with Crippen molar-refractivity contribution in [3.05, 3.63) is 59.1 Å². The Morgan fingerprint density at radius 3 is 2.58 bits per heavy atom. The van der Waals surface area contributed by atoms with E-state index in [-0.39, 0.29) is 12.1 Å². The highest BCUT2D eigenvalue weighted by Gasteiger charge is 2.23. The lowest BCUT2D eigenvalue weighted by molar-refractivity contribution is 0.181. The Kier molecular flexibility index (Phi) is 4.86. The summed E-state index contributed by atoms with van der Waals surface area (Å²) in [5, 5.41) is 6.09. The average Bonchev–Trinajstić information content (AvgIpc) is 3.01. The third-order valence-corrected chi connectivity index (χ3v) is 3.96. The molecule has 0 atom stereocenters. The molecule has 0 aliphatic carbocycles. The fourth-order valence-electron chi connectivity index (χ4n) is 2.35. The van der Waals surface area contributed by atoms with Gasteiger partial charge in [0.25, 0.3) is 0 Å². The minimum absolute atomic E-state index is 0.330. The number of benzene rings is 2. The summed E-state index contributed by atoms with van der Waals surface area (Å²) in [7, 11) is 0. The zero-order valence-corrected chi connectivity index (χ0v) is 13.5. The minimum Gasteiger partial charge on any atom is -0.447 e. The van der Waals surface area contributed by atoms with E-state index in [0.29, 0.717) is 30.4 Å². The Morgan fingerprint density at radius 1 is 1.17 bits per heavy atom. The Hall–Kier alpha value is -2.73. The molecule has 3 amide bonds. The number of halogens is 1. The maximum Gasteiger partial charge on any atom is 0.414 e. The van der Waals surface area contributed by atoms with Gasteiger partial charge in [-0.25, -0.2) is 9.59 Å². The van der Waals surface area contributed by atoms with Crippen molar-refractivity contribution in [2.75, 3.05) is 23.4 Å². The Labute approximate surface area is 144 Å². The molecular formula is C17H16ClN3O3. The highest BCUT2D eigenvalue weighted by Crippen LogP contribution is 2.21. The molecule has 2 N–H and O–H groups in total. The maximum atomic E-state index is 11.9. The molecule has 24 heavy (non-hydrogen) atoms. The minimum atomic E-state index is -0.354. The second-order valence-corrected chi connectivity index (χ2v) is 5.62. The lowest BCUT2D eigenvalue weighted by Gasteiger charge is -2.13. The molecule has 1 aliphatic rings. The standard InChI is InChI=1S/C17H16ClN3O3/c18-15-4-2-1-3-12(15)11-19-16(22)20-13-5-7-14(8-6-13)21-9-10-24-17(21)23/h1-8H,9-11H2,(H2,19,20,22). The zero-order chi connectivity index (χ0) is 16.9. The first-order valence-electron chi connectivity index (χ1n) is 7.46. The predicted molar refractivity (Wildman–Crippen MR) is 92.4 cm³/mol. The van der Waals surface area contributed by atoms with E-state index in [1.165, 1.54) is 0 Å². The van der Waals surface area contributed by atoms with Crippen molar-refractivity contribution in [3.63, 3.8) is 0 Å². The topological polar surface area (TPSA) is 70.7 Å². The second kappa shape index (κ2) is 7.23. The highest BCUT2D eigenvalue weighted by molar-refractivity contribution is 6.31. The van der Waals surface area contributed by atoms with Crippen molar-refractivity contribution in [3.8, 4) is 0 Å². The Morgan fingerprint density at radius 2 is 1.92 bits per heavy atom. The molecule has 1 saturated heterocycles. The number of anilines is 2. The molecule has 0 unspecified atom stereocenters. The molecule has 1 aliphatic heterocycles. The molecule has 0 radical (unpaired) electrons. The number of nitrogens with zero attached hydrogens (tertiary/aromatic N) is 1. The third kappa shape index (κ3) is 3.78. The van der Waals surface area contributed by atoms with Gasteiger partial charge in [0, 0.05) is 22.9 Å². The van der Waals surface area contributed by atoms with E-state index in [0.717, 1.165) is 11.3 Å². The fourth-order valence-corrected chi connectivity index (χ4v) is 2.55. The number of carbonyl (C=O) groups excluding carboxylic acids is 2. The summed E-state index contributed by atoms with van der Waals surface area (Å²) in [4.78, 5) is 25.0. The van der Waals surface area contributed by atoms with Gasteiger partial charge in [0.15, 0.2) is 0 Å². The van der Waals surface area contributed by atoms with Crippen molar-refractivity contribution in [1.82, 2.24) is 5.32 Å². The van der Waals surface area contributed by atoms with E-state index in [1.807, 2.05) is 18.2 Å². The largest absolute Gasteiger partial charge is 0.447 e. The third-order valence-electron chi connectivity index (χ3n) is 3.59. The van der Waals surface area contributed by atoms with Crippen LogP contribution >= 0.6 is 11.6 Å². The summed E-state index contributed by atoms with van der Waals surface area (Å²) in [5.74, 6) is 0. The molecule has 1 heterocycles. The maximum absolute atomic E-state index is 11.9. The van der Waals surface area contributed by atoms with Crippen molar-refractivity contribution < 1.29 is 14.3 Å². The van der Waals surface area contributed by atoms with E-state index in [4.69, 9.17) is 16.3 Å². The van der Waals surface area contributed by atoms with E-state index in [1.54, 1.807) is 35.2 Å². The SMILES string of the molecule is O=C(NCc1ccccc1Cl)Nc1ccc(N2CCOC2=O)cc1. The monoisotopic (exact) mass is 345 g/mol. The van der Waals surface area contributed by atoms with Crippen LogP contribution in [0, 0.1) is 0 Å². The van der Waals surface area contributed by atoms with Crippen LogP contribution in [0.5, 0.6) is 0 Å². The van der Waals surface area contributed by atoms with Crippen LogP contribution in [-0.2, 0) is 11.3 Å². The van der Waals surface area contributed by atoms with Crippen molar-refractivity contribution in [2.45, 2.75) is 6.54 Å². The molecule has 2 aromatic rings. The quantitative estimate of drug-likeness (QED) is 0.889. The van der Waals surface area contributed by atoms with Gasteiger partial charge in [0.1, 0.15) is 6.61 Å². The number of cyclic esters (lactones) is 1. The summed E-state index contributed by atoms with van der Waals surface area (Å²) in [6.45, 7) is 1.26. The molecule has 0 saturated carbocycles. The number of ether oxygens (including phenoxy) is 1. The van der Waals surface area contributed by atoms with Crippen LogP contribution in [-0.4, -0.2) is 25.3 Å². The van der Waals surface area contributed by atoms with Gasteiger partial charge in [-0.2, -0.15) is 0 Å². The second-order valence-electron chi connectivity index (χ2n) is 5.21. The van der Waals surface area contributed by atoms with Gasteiger partial charge in [-0.15, -0.1) is 0 Å². The van der Waals surface area contributed by atoms with Gasteiger partial charge in [-0.3, -0.25) is 4.90 Å². The summed E-state index contributed by atoms with van der Waals surface area (Å²) < 4.78 is 4.89. The van der Waals surface area contributed by atoms with Gasteiger partial charge in [0.05, 0.1) is 6.54 Å².